The Morgan fingerprint density at radius 1 is 1.17 bits per heavy atom. The van der Waals surface area contributed by atoms with E-state index >= 15 is 0 Å². The van der Waals surface area contributed by atoms with Crippen LogP contribution in [-0.4, -0.2) is 40.9 Å². The smallest absolute Gasteiger partial charge is 0.177 e. The fourth-order valence-corrected chi connectivity index (χ4v) is 4.61. The molecule has 0 unspecified atom stereocenters. The molecule has 1 aliphatic heterocycles. The number of nitrogens with one attached hydrogen (secondary N) is 1. The van der Waals surface area contributed by atoms with Crippen molar-refractivity contribution in [3.63, 3.8) is 0 Å². The topological polar surface area (TPSA) is 88.8 Å². The Morgan fingerprint density at radius 2 is 1.90 bits per heavy atom. The zero-order valence-corrected chi connectivity index (χ0v) is 17.9. The molecule has 2 N–H and O–H groups in total. The number of phenols is 1. The summed E-state index contributed by atoms with van der Waals surface area (Å²) in [5.41, 5.74) is 2.87. The molecule has 0 aliphatic carbocycles. The number of aromatic nitrogens is 5. The van der Waals surface area contributed by atoms with Gasteiger partial charge in [-0.05, 0) is 64.2 Å². The second kappa shape index (κ2) is 7.32. The second-order valence-corrected chi connectivity index (χ2v) is 9.36. The molecule has 3 heterocycles. The number of hydrogen-bond donors (Lipinski definition) is 2. The molecule has 0 radical (unpaired) electrons. The zero-order chi connectivity index (χ0) is 21.5. The highest BCUT2D eigenvalue weighted by Crippen LogP contribution is 2.39. The van der Waals surface area contributed by atoms with E-state index in [9.17, 15) is 5.11 Å². The third-order valence-corrected chi connectivity index (χ3v) is 5.59. The molecular weight excluding hydrogens is 376 g/mol. The minimum absolute atomic E-state index is 0.0193. The van der Waals surface area contributed by atoms with Crippen LogP contribution in [0.5, 0.6) is 5.75 Å². The number of benzene rings is 1. The molecule has 1 fully saturated rings. The number of allylic oxidation sites excluding steroid dienone is 1. The summed E-state index contributed by atoms with van der Waals surface area (Å²) in [6.07, 6.45) is 8.78. The van der Waals surface area contributed by atoms with E-state index in [-0.39, 0.29) is 22.7 Å². The van der Waals surface area contributed by atoms with E-state index in [0.29, 0.717) is 17.1 Å². The molecule has 4 rings (SSSR count). The molecule has 7 heteroatoms. The quantitative estimate of drug-likeness (QED) is 0.683. The Kier molecular flexibility index (Phi) is 4.94. The van der Waals surface area contributed by atoms with Crippen LogP contribution in [0.3, 0.4) is 0 Å². The van der Waals surface area contributed by atoms with Crippen molar-refractivity contribution >= 4 is 5.57 Å². The fraction of sp³-hybridized carbons (Fsp3) is 0.391. The molecule has 0 bridgehead atoms. The van der Waals surface area contributed by atoms with E-state index in [1.807, 2.05) is 22.9 Å². The van der Waals surface area contributed by atoms with E-state index in [1.54, 1.807) is 24.8 Å². The largest absolute Gasteiger partial charge is 0.507 e. The third-order valence-electron chi connectivity index (χ3n) is 5.59. The van der Waals surface area contributed by atoms with Gasteiger partial charge in [0.1, 0.15) is 11.4 Å². The monoisotopic (exact) mass is 404 g/mol. The van der Waals surface area contributed by atoms with Crippen LogP contribution in [0.1, 0.15) is 46.4 Å². The lowest BCUT2D eigenvalue weighted by Crippen LogP contribution is -2.57. The van der Waals surface area contributed by atoms with Gasteiger partial charge in [-0.3, -0.25) is 0 Å². The Hall–Kier alpha value is -3.06. The van der Waals surface area contributed by atoms with Crippen LogP contribution in [-0.2, 0) is 0 Å². The Labute approximate surface area is 176 Å². The average Bonchev–Trinajstić information content (AvgIpc) is 3.20. The van der Waals surface area contributed by atoms with Gasteiger partial charge in [0.05, 0.1) is 18.2 Å². The molecule has 0 spiro atoms. The van der Waals surface area contributed by atoms with Crippen molar-refractivity contribution in [1.82, 2.24) is 30.0 Å². The minimum Gasteiger partial charge on any atom is -0.507 e. The van der Waals surface area contributed by atoms with Crippen molar-refractivity contribution in [3.05, 3.63) is 55.5 Å². The van der Waals surface area contributed by atoms with E-state index < -0.39 is 0 Å². The van der Waals surface area contributed by atoms with Crippen molar-refractivity contribution in [2.45, 2.75) is 51.6 Å². The summed E-state index contributed by atoms with van der Waals surface area (Å²) in [6, 6.07) is 5.37. The lowest BCUT2D eigenvalue weighted by Gasteiger charge is -2.46. The molecule has 0 amide bonds. The van der Waals surface area contributed by atoms with Gasteiger partial charge in [0.15, 0.2) is 5.82 Å². The van der Waals surface area contributed by atoms with Crippen molar-refractivity contribution in [2.75, 3.05) is 0 Å². The number of imidazole rings is 1. The Bertz CT molecular complexity index is 1040. The summed E-state index contributed by atoms with van der Waals surface area (Å²) in [6.45, 7) is 13.1. The number of nitrogens with zero attached hydrogens (tertiary/aromatic N) is 5. The normalized spacial score (nSPS) is 18.3. The highest BCUT2D eigenvalue weighted by atomic mass is 16.3. The van der Waals surface area contributed by atoms with Gasteiger partial charge >= 0.3 is 0 Å². The molecule has 3 aromatic rings. The number of piperidine rings is 1. The second-order valence-electron chi connectivity index (χ2n) is 9.36. The molecule has 0 atom stereocenters. The highest BCUT2D eigenvalue weighted by Gasteiger charge is 2.39. The van der Waals surface area contributed by atoms with Gasteiger partial charge in [-0.15, -0.1) is 10.2 Å². The van der Waals surface area contributed by atoms with Gasteiger partial charge in [-0.25, -0.2) is 9.97 Å². The molecule has 2 aromatic heterocycles. The first-order chi connectivity index (χ1) is 14.1. The molecule has 30 heavy (non-hydrogen) atoms. The standard InChI is InChI=1S/C23H28N6O/c1-15(16-11-22(2,3)28-23(4,5)12-16)21-25-13-19(26-27-21)18-7-6-17(10-20(18)30)29-9-8-24-14-29/h6-10,13-14,16,28,30H,1,11-12H2,2-5H3. The predicted molar refractivity (Wildman–Crippen MR) is 117 cm³/mol. The van der Waals surface area contributed by atoms with Crippen LogP contribution >= 0.6 is 0 Å². The molecule has 156 valence electrons. The van der Waals surface area contributed by atoms with E-state index in [1.165, 1.54) is 0 Å². The molecular formula is C23H28N6O. The summed E-state index contributed by atoms with van der Waals surface area (Å²) in [5, 5.41) is 22.8. The minimum atomic E-state index is 0.0193. The van der Waals surface area contributed by atoms with Gasteiger partial charge in [0.25, 0.3) is 0 Å². The van der Waals surface area contributed by atoms with Crippen molar-refractivity contribution in [1.29, 1.82) is 0 Å². The molecule has 7 nitrogen and oxygen atoms in total. The summed E-state index contributed by atoms with van der Waals surface area (Å²) < 4.78 is 1.82. The van der Waals surface area contributed by atoms with Crippen molar-refractivity contribution in [3.8, 4) is 22.7 Å². The average molecular weight is 405 g/mol. The summed E-state index contributed by atoms with van der Waals surface area (Å²) >= 11 is 0. The maximum absolute atomic E-state index is 10.5. The van der Waals surface area contributed by atoms with Crippen LogP contribution < -0.4 is 5.32 Å². The van der Waals surface area contributed by atoms with E-state index in [0.717, 1.165) is 24.1 Å². The van der Waals surface area contributed by atoms with Gasteiger partial charge in [-0.2, -0.15) is 0 Å². The Morgan fingerprint density at radius 3 is 2.47 bits per heavy atom. The van der Waals surface area contributed by atoms with Crippen molar-refractivity contribution < 1.29 is 5.11 Å². The molecule has 0 saturated carbocycles. The third kappa shape index (κ3) is 4.11. The van der Waals surface area contributed by atoms with Gasteiger partial charge in [-0.1, -0.05) is 6.58 Å². The first kappa shape index (κ1) is 20.2. The summed E-state index contributed by atoms with van der Waals surface area (Å²) in [5.74, 6) is 0.962. The summed E-state index contributed by atoms with van der Waals surface area (Å²) in [4.78, 5) is 8.55. The van der Waals surface area contributed by atoms with E-state index in [2.05, 4.69) is 59.8 Å². The van der Waals surface area contributed by atoms with E-state index in [4.69, 9.17) is 0 Å². The highest BCUT2D eigenvalue weighted by molar-refractivity contribution is 5.68. The predicted octanol–water partition coefficient (Wildman–Crippen LogP) is 4.00. The lowest BCUT2D eigenvalue weighted by molar-refractivity contribution is 0.154. The molecule has 1 saturated heterocycles. The molecule has 1 aromatic carbocycles. The zero-order valence-electron chi connectivity index (χ0n) is 17.9. The van der Waals surface area contributed by atoms with Crippen LogP contribution in [0.4, 0.5) is 0 Å². The van der Waals surface area contributed by atoms with Gasteiger partial charge in [0, 0.05) is 35.1 Å². The number of phenolic OH excluding ortho intramolecular Hbond substituents is 1. The number of aromatic hydroxyl groups is 1. The summed E-state index contributed by atoms with van der Waals surface area (Å²) in [7, 11) is 0. The van der Waals surface area contributed by atoms with Gasteiger partial charge in [0.2, 0.25) is 0 Å². The van der Waals surface area contributed by atoms with Crippen LogP contribution in [0.15, 0.2) is 49.7 Å². The maximum atomic E-state index is 10.5. The van der Waals surface area contributed by atoms with Crippen LogP contribution in [0.2, 0.25) is 0 Å². The molecule has 1 aliphatic rings. The van der Waals surface area contributed by atoms with Crippen LogP contribution in [0, 0.1) is 5.92 Å². The SMILES string of the molecule is C=C(c1ncc(-c2ccc(-n3ccnc3)cc2O)nn1)C1CC(C)(C)NC(C)(C)C1. The lowest BCUT2D eigenvalue weighted by atomic mass is 9.73. The van der Waals surface area contributed by atoms with Gasteiger partial charge < -0.3 is 15.0 Å². The first-order valence-electron chi connectivity index (χ1n) is 10.1. The number of rotatable bonds is 4. The van der Waals surface area contributed by atoms with Crippen LogP contribution in [0.25, 0.3) is 22.5 Å². The Balaban J connectivity index is 1.55. The maximum Gasteiger partial charge on any atom is 0.177 e. The number of hydrogen-bond acceptors (Lipinski definition) is 6. The fourth-order valence-electron chi connectivity index (χ4n) is 4.61. The first-order valence-corrected chi connectivity index (χ1v) is 10.1. The van der Waals surface area contributed by atoms with Crippen molar-refractivity contribution in [2.24, 2.45) is 5.92 Å².